The lowest BCUT2D eigenvalue weighted by atomic mass is 10.1. The maximum Gasteiger partial charge on any atom is 0.307 e. The molecule has 5 heteroatoms. The van der Waals surface area contributed by atoms with Crippen molar-refractivity contribution >= 4 is 21.9 Å². The highest BCUT2D eigenvalue weighted by atomic mass is 79.9. The molecule has 0 aliphatic carbocycles. The zero-order valence-corrected chi connectivity index (χ0v) is 12.1. The van der Waals surface area contributed by atoms with Crippen LogP contribution in [0.2, 0.25) is 0 Å². The molecule has 1 rings (SSSR count). The van der Waals surface area contributed by atoms with Crippen LogP contribution in [-0.2, 0) is 9.53 Å². The number of rotatable bonds is 6. The second kappa shape index (κ2) is 7.48. The van der Waals surface area contributed by atoms with Crippen LogP contribution in [-0.4, -0.2) is 19.1 Å². The fraction of sp³-hybridized carbons (Fsp3) is 0.462. The van der Waals surface area contributed by atoms with E-state index in [-0.39, 0.29) is 24.2 Å². The average molecular weight is 318 g/mol. The molecular weight excluding hydrogens is 301 g/mol. The van der Waals surface area contributed by atoms with Crippen molar-refractivity contribution < 1.29 is 13.9 Å². The molecule has 0 spiro atoms. The van der Waals surface area contributed by atoms with Gasteiger partial charge in [0, 0.05) is 22.6 Å². The molecule has 0 saturated carbocycles. The van der Waals surface area contributed by atoms with Crippen LogP contribution < -0.4 is 5.32 Å². The molecule has 0 bridgehead atoms. The highest BCUT2D eigenvalue weighted by molar-refractivity contribution is 9.10. The molecule has 0 saturated heterocycles. The minimum atomic E-state index is -0.255. The molecule has 0 radical (unpaired) electrons. The molecule has 3 nitrogen and oxygen atoms in total. The van der Waals surface area contributed by atoms with E-state index in [4.69, 9.17) is 4.74 Å². The predicted octanol–water partition coefficient (Wildman–Crippen LogP) is 3.19. The van der Waals surface area contributed by atoms with Crippen LogP contribution in [0.1, 0.15) is 31.9 Å². The van der Waals surface area contributed by atoms with Crippen molar-refractivity contribution in [3.63, 3.8) is 0 Å². The van der Waals surface area contributed by atoms with Crippen molar-refractivity contribution in [3.05, 3.63) is 34.1 Å². The van der Waals surface area contributed by atoms with E-state index in [0.29, 0.717) is 18.7 Å². The van der Waals surface area contributed by atoms with E-state index in [2.05, 4.69) is 21.2 Å². The number of hydrogen-bond donors (Lipinski definition) is 1. The van der Waals surface area contributed by atoms with Gasteiger partial charge in [-0.3, -0.25) is 4.79 Å². The van der Waals surface area contributed by atoms with Crippen LogP contribution in [0.3, 0.4) is 0 Å². The molecule has 0 aliphatic rings. The number of carbonyl (C=O) groups is 1. The fourth-order valence-corrected chi connectivity index (χ4v) is 1.96. The van der Waals surface area contributed by atoms with Gasteiger partial charge < -0.3 is 10.1 Å². The third kappa shape index (κ3) is 4.74. The summed E-state index contributed by atoms with van der Waals surface area (Å²) in [4.78, 5) is 11.1. The lowest BCUT2D eigenvalue weighted by molar-refractivity contribution is -0.143. The predicted molar refractivity (Wildman–Crippen MR) is 71.8 cm³/mol. The molecule has 1 N–H and O–H groups in total. The molecule has 1 unspecified atom stereocenters. The van der Waals surface area contributed by atoms with Gasteiger partial charge in [-0.2, -0.15) is 0 Å². The molecule has 18 heavy (non-hydrogen) atoms. The maximum atomic E-state index is 13.6. The molecule has 0 amide bonds. The van der Waals surface area contributed by atoms with Crippen molar-refractivity contribution in [2.75, 3.05) is 13.2 Å². The molecule has 0 aliphatic heterocycles. The first-order valence-electron chi connectivity index (χ1n) is 5.88. The average Bonchev–Trinajstić information content (AvgIpc) is 2.32. The smallest absolute Gasteiger partial charge is 0.307 e. The Kier molecular flexibility index (Phi) is 6.29. The Morgan fingerprint density at radius 3 is 2.94 bits per heavy atom. The van der Waals surface area contributed by atoms with Crippen molar-refractivity contribution in [2.24, 2.45) is 0 Å². The number of benzene rings is 1. The standard InChI is InChI=1S/C13H17BrFNO2/c1-3-18-13(17)6-7-16-9(2)11-8-10(14)4-5-12(11)15/h4-5,8-9,16H,3,6-7H2,1-2H3. The van der Waals surface area contributed by atoms with E-state index in [1.54, 1.807) is 19.1 Å². The minimum absolute atomic E-state index is 0.156. The number of halogens is 2. The summed E-state index contributed by atoms with van der Waals surface area (Å²) < 4.78 is 19.2. The van der Waals surface area contributed by atoms with Crippen LogP contribution in [0, 0.1) is 5.82 Å². The quantitative estimate of drug-likeness (QED) is 0.819. The Bertz CT molecular complexity index is 412. The molecule has 0 fully saturated rings. The van der Waals surface area contributed by atoms with Gasteiger partial charge in [-0.25, -0.2) is 4.39 Å². The summed E-state index contributed by atoms with van der Waals surface area (Å²) >= 11 is 3.31. The first-order chi connectivity index (χ1) is 8.54. The molecule has 1 aromatic rings. The van der Waals surface area contributed by atoms with Gasteiger partial charge in [0.05, 0.1) is 13.0 Å². The largest absolute Gasteiger partial charge is 0.466 e. The van der Waals surface area contributed by atoms with Crippen molar-refractivity contribution in [1.82, 2.24) is 5.32 Å². The van der Waals surface area contributed by atoms with Crippen LogP contribution in [0.25, 0.3) is 0 Å². The zero-order valence-electron chi connectivity index (χ0n) is 10.5. The Hall–Kier alpha value is -0.940. The van der Waals surface area contributed by atoms with Crippen LogP contribution in [0.5, 0.6) is 0 Å². The summed E-state index contributed by atoms with van der Waals surface area (Å²) in [5.41, 5.74) is 0.577. The fourth-order valence-electron chi connectivity index (χ4n) is 1.58. The summed E-state index contributed by atoms with van der Waals surface area (Å²) in [6.45, 7) is 4.47. The van der Waals surface area contributed by atoms with Gasteiger partial charge in [0.1, 0.15) is 5.82 Å². The van der Waals surface area contributed by atoms with Crippen molar-refractivity contribution in [2.45, 2.75) is 26.3 Å². The van der Waals surface area contributed by atoms with E-state index in [1.165, 1.54) is 6.07 Å². The molecule has 0 heterocycles. The number of hydrogen-bond acceptors (Lipinski definition) is 3. The zero-order chi connectivity index (χ0) is 13.5. The summed E-state index contributed by atoms with van der Waals surface area (Å²) in [5.74, 6) is -0.499. The van der Waals surface area contributed by atoms with Crippen LogP contribution >= 0.6 is 15.9 Å². The second-order valence-electron chi connectivity index (χ2n) is 3.90. The third-order valence-corrected chi connectivity index (χ3v) is 3.00. The topological polar surface area (TPSA) is 38.3 Å². The second-order valence-corrected chi connectivity index (χ2v) is 4.81. The molecule has 100 valence electrons. The summed E-state index contributed by atoms with van der Waals surface area (Å²) in [5, 5.41) is 3.09. The number of carbonyl (C=O) groups excluding carboxylic acids is 1. The molecule has 0 aromatic heterocycles. The van der Waals surface area contributed by atoms with E-state index in [1.807, 2.05) is 6.92 Å². The van der Waals surface area contributed by atoms with Gasteiger partial charge >= 0.3 is 5.97 Å². The van der Waals surface area contributed by atoms with Gasteiger partial charge in [-0.1, -0.05) is 15.9 Å². The minimum Gasteiger partial charge on any atom is -0.466 e. The van der Waals surface area contributed by atoms with E-state index in [0.717, 1.165) is 4.47 Å². The molecular formula is C13H17BrFNO2. The number of ether oxygens (including phenoxy) is 1. The van der Waals surface area contributed by atoms with Crippen LogP contribution in [0.15, 0.2) is 22.7 Å². The van der Waals surface area contributed by atoms with E-state index >= 15 is 0 Å². The lowest BCUT2D eigenvalue weighted by Gasteiger charge is -2.15. The number of esters is 1. The Morgan fingerprint density at radius 2 is 2.28 bits per heavy atom. The normalized spacial score (nSPS) is 12.2. The van der Waals surface area contributed by atoms with Crippen molar-refractivity contribution in [1.29, 1.82) is 0 Å². The Balaban J connectivity index is 2.47. The van der Waals surface area contributed by atoms with Crippen LogP contribution in [0.4, 0.5) is 4.39 Å². The third-order valence-electron chi connectivity index (χ3n) is 2.51. The summed E-state index contributed by atoms with van der Waals surface area (Å²) in [7, 11) is 0. The SMILES string of the molecule is CCOC(=O)CCNC(C)c1cc(Br)ccc1F. The monoisotopic (exact) mass is 317 g/mol. The van der Waals surface area contributed by atoms with E-state index < -0.39 is 0 Å². The van der Waals surface area contributed by atoms with Gasteiger partial charge in [0.15, 0.2) is 0 Å². The number of nitrogens with one attached hydrogen (secondary N) is 1. The van der Waals surface area contributed by atoms with Gasteiger partial charge in [-0.15, -0.1) is 0 Å². The Morgan fingerprint density at radius 1 is 1.56 bits per heavy atom. The highest BCUT2D eigenvalue weighted by Crippen LogP contribution is 2.21. The Labute approximate surface area is 115 Å². The van der Waals surface area contributed by atoms with Crippen molar-refractivity contribution in [3.8, 4) is 0 Å². The van der Waals surface area contributed by atoms with Gasteiger partial charge in [0.25, 0.3) is 0 Å². The maximum absolute atomic E-state index is 13.6. The first kappa shape index (κ1) is 15.1. The summed E-state index contributed by atoms with van der Waals surface area (Å²) in [6.07, 6.45) is 0.286. The highest BCUT2D eigenvalue weighted by Gasteiger charge is 2.11. The first-order valence-corrected chi connectivity index (χ1v) is 6.67. The van der Waals surface area contributed by atoms with Gasteiger partial charge in [0.2, 0.25) is 0 Å². The molecule has 1 atom stereocenters. The lowest BCUT2D eigenvalue weighted by Crippen LogP contribution is -2.23. The van der Waals surface area contributed by atoms with Gasteiger partial charge in [-0.05, 0) is 32.0 Å². The van der Waals surface area contributed by atoms with E-state index in [9.17, 15) is 9.18 Å². The summed E-state index contributed by atoms with van der Waals surface area (Å²) in [6, 6.07) is 4.65. The molecule has 1 aromatic carbocycles.